The van der Waals surface area contributed by atoms with E-state index in [1.54, 1.807) is 16.6 Å². The third-order valence-electron chi connectivity index (χ3n) is 4.31. The van der Waals surface area contributed by atoms with Gasteiger partial charge in [0.05, 0.1) is 16.9 Å². The van der Waals surface area contributed by atoms with Crippen LogP contribution in [0.5, 0.6) is 0 Å². The van der Waals surface area contributed by atoms with E-state index in [9.17, 15) is 9.59 Å². The lowest BCUT2D eigenvalue weighted by Gasteiger charge is -2.11. The fourth-order valence-electron chi connectivity index (χ4n) is 3.04. The highest BCUT2D eigenvalue weighted by Gasteiger charge is 2.11. The SMILES string of the molecule is CC(=O)Nc1cccc(-c2ccc(Nc3ccc(C(=O)O)cc3)c3ncnn23)c1. The Hall–Kier alpha value is -4.20. The van der Waals surface area contributed by atoms with Crippen molar-refractivity contribution in [2.45, 2.75) is 6.92 Å². The molecule has 0 bridgehead atoms. The van der Waals surface area contributed by atoms with Gasteiger partial charge in [-0.2, -0.15) is 5.10 Å². The van der Waals surface area contributed by atoms with Gasteiger partial charge in [-0.1, -0.05) is 12.1 Å². The smallest absolute Gasteiger partial charge is 0.335 e. The van der Waals surface area contributed by atoms with Gasteiger partial charge in [0.25, 0.3) is 0 Å². The summed E-state index contributed by atoms with van der Waals surface area (Å²) in [5.74, 6) is -1.11. The lowest BCUT2D eigenvalue weighted by atomic mass is 10.1. The zero-order chi connectivity index (χ0) is 20.4. The fraction of sp³-hybridized carbons (Fsp3) is 0.0476. The Bertz CT molecular complexity index is 1210. The van der Waals surface area contributed by atoms with Crippen molar-refractivity contribution in [3.63, 3.8) is 0 Å². The number of nitrogens with zero attached hydrogens (tertiary/aromatic N) is 3. The van der Waals surface area contributed by atoms with Crippen molar-refractivity contribution >= 4 is 34.6 Å². The van der Waals surface area contributed by atoms with Crippen LogP contribution in [0.2, 0.25) is 0 Å². The van der Waals surface area contributed by atoms with Crippen molar-refractivity contribution < 1.29 is 14.7 Å². The Labute approximate surface area is 165 Å². The standard InChI is InChI=1S/C21H17N5O3/c1-13(27)24-17-4-2-3-15(11-17)19-10-9-18(20-22-12-23-26(19)20)25-16-7-5-14(6-8-16)21(28)29/h2-12,25H,1H3,(H,24,27)(H,28,29). The molecule has 0 atom stereocenters. The topological polar surface area (TPSA) is 109 Å². The first-order valence-corrected chi connectivity index (χ1v) is 8.82. The molecule has 0 radical (unpaired) electrons. The second-order valence-electron chi connectivity index (χ2n) is 6.40. The molecule has 2 aromatic carbocycles. The number of carbonyl (C=O) groups is 2. The number of anilines is 3. The number of aromatic nitrogens is 3. The van der Waals surface area contributed by atoms with Gasteiger partial charge in [0.1, 0.15) is 6.33 Å². The minimum atomic E-state index is -0.970. The molecule has 0 saturated carbocycles. The largest absolute Gasteiger partial charge is 0.478 e. The molecule has 4 aromatic rings. The van der Waals surface area contributed by atoms with Gasteiger partial charge in [-0.05, 0) is 48.5 Å². The number of carboxylic acids is 1. The molecule has 0 fully saturated rings. The summed E-state index contributed by atoms with van der Waals surface area (Å²) >= 11 is 0. The molecular formula is C21H17N5O3. The van der Waals surface area contributed by atoms with Crippen LogP contribution in [0.4, 0.5) is 17.1 Å². The van der Waals surface area contributed by atoms with E-state index in [1.807, 2.05) is 36.4 Å². The molecule has 2 aromatic heterocycles. The molecule has 1 amide bonds. The van der Waals surface area contributed by atoms with Gasteiger partial charge in [0.15, 0.2) is 5.65 Å². The molecule has 144 valence electrons. The van der Waals surface area contributed by atoms with E-state index < -0.39 is 5.97 Å². The predicted molar refractivity (Wildman–Crippen MR) is 109 cm³/mol. The van der Waals surface area contributed by atoms with Gasteiger partial charge in [-0.15, -0.1) is 0 Å². The molecule has 8 heteroatoms. The van der Waals surface area contributed by atoms with Gasteiger partial charge >= 0.3 is 5.97 Å². The second kappa shape index (κ2) is 7.43. The third kappa shape index (κ3) is 3.77. The number of benzene rings is 2. The summed E-state index contributed by atoms with van der Waals surface area (Å²) in [6, 6.07) is 17.7. The Morgan fingerprint density at radius 3 is 2.52 bits per heavy atom. The Morgan fingerprint density at radius 1 is 1.00 bits per heavy atom. The summed E-state index contributed by atoms with van der Waals surface area (Å²) in [7, 11) is 0. The van der Waals surface area contributed by atoms with Crippen molar-refractivity contribution in [1.82, 2.24) is 14.6 Å². The molecule has 0 aliphatic rings. The van der Waals surface area contributed by atoms with Crippen LogP contribution >= 0.6 is 0 Å². The van der Waals surface area contributed by atoms with Crippen molar-refractivity contribution in [2.24, 2.45) is 0 Å². The van der Waals surface area contributed by atoms with Crippen LogP contribution < -0.4 is 10.6 Å². The molecule has 0 unspecified atom stereocenters. The van der Waals surface area contributed by atoms with Crippen molar-refractivity contribution in [3.8, 4) is 11.3 Å². The number of aromatic carboxylic acids is 1. The second-order valence-corrected chi connectivity index (χ2v) is 6.40. The summed E-state index contributed by atoms with van der Waals surface area (Å²) < 4.78 is 1.71. The lowest BCUT2D eigenvalue weighted by Crippen LogP contribution is -2.05. The van der Waals surface area contributed by atoms with E-state index in [4.69, 9.17) is 5.11 Å². The quantitative estimate of drug-likeness (QED) is 0.481. The predicted octanol–water partition coefficient (Wildman–Crippen LogP) is 3.80. The monoisotopic (exact) mass is 387 g/mol. The maximum absolute atomic E-state index is 11.3. The Kier molecular flexibility index (Phi) is 4.66. The number of amides is 1. The summed E-state index contributed by atoms with van der Waals surface area (Å²) in [5, 5.41) is 19.4. The van der Waals surface area contributed by atoms with E-state index in [0.717, 1.165) is 22.6 Å². The number of nitrogens with one attached hydrogen (secondary N) is 2. The Morgan fingerprint density at radius 2 is 1.79 bits per heavy atom. The number of fused-ring (bicyclic) bond motifs is 1. The van der Waals surface area contributed by atoms with E-state index in [-0.39, 0.29) is 11.5 Å². The lowest BCUT2D eigenvalue weighted by molar-refractivity contribution is -0.114. The van der Waals surface area contributed by atoms with E-state index in [0.29, 0.717) is 11.3 Å². The minimum Gasteiger partial charge on any atom is -0.478 e. The number of hydrogen-bond donors (Lipinski definition) is 3. The molecule has 2 heterocycles. The molecule has 4 rings (SSSR count). The zero-order valence-corrected chi connectivity index (χ0v) is 15.5. The summed E-state index contributed by atoms with van der Waals surface area (Å²) in [6.07, 6.45) is 1.47. The average Bonchev–Trinajstić information content (AvgIpc) is 3.18. The molecule has 0 aliphatic heterocycles. The van der Waals surface area contributed by atoms with Crippen LogP contribution in [0.3, 0.4) is 0 Å². The third-order valence-corrected chi connectivity index (χ3v) is 4.31. The number of hydrogen-bond acceptors (Lipinski definition) is 5. The van der Waals surface area contributed by atoms with Crippen LogP contribution in [0.25, 0.3) is 16.9 Å². The summed E-state index contributed by atoms with van der Waals surface area (Å²) in [6.45, 7) is 1.46. The van der Waals surface area contributed by atoms with Crippen LogP contribution in [-0.4, -0.2) is 31.6 Å². The molecule has 0 spiro atoms. The maximum atomic E-state index is 11.3. The normalized spacial score (nSPS) is 10.7. The first-order valence-electron chi connectivity index (χ1n) is 8.82. The van der Waals surface area contributed by atoms with E-state index >= 15 is 0 Å². The Balaban J connectivity index is 1.69. The molecule has 8 nitrogen and oxygen atoms in total. The first-order chi connectivity index (χ1) is 14.0. The van der Waals surface area contributed by atoms with Crippen LogP contribution in [0.1, 0.15) is 17.3 Å². The van der Waals surface area contributed by atoms with Gasteiger partial charge in [-0.25, -0.2) is 14.3 Å². The highest BCUT2D eigenvalue weighted by Crippen LogP contribution is 2.28. The number of rotatable bonds is 5. The molecule has 0 saturated heterocycles. The van der Waals surface area contributed by atoms with E-state index in [1.165, 1.54) is 25.4 Å². The number of carboxylic acid groups (broad SMARTS) is 1. The number of pyridine rings is 1. The van der Waals surface area contributed by atoms with E-state index in [2.05, 4.69) is 20.7 Å². The van der Waals surface area contributed by atoms with Gasteiger partial charge in [0, 0.05) is 23.9 Å². The van der Waals surface area contributed by atoms with Crippen molar-refractivity contribution in [3.05, 3.63) is 72.6 Å². The van der Waals surface area contributed by atoms with Crippen molar-refractivity contribution in [1.29, 1.82) is 0 Å². The average molecular weight is 387 g/mol. The minimum absolute atomic E-state index is 0.137. The molecule has 29 heavy (non-hydrogen) atoms. The van der Waals surface area contributed by atoms with Crippen LogP contribution in [-0.2, 0) is 4.79 Å². The van der Waals surface area contributed by atoms with Gasteiger partial charge in [0.2, 0.25) is 5.91 Å². The maximum Gasteiger partial charge on any atom is 0.335 e. The fourth-order valence-corrected chi connectivity index (χ4v) is 3.04. The first kappa shape index (κ1) is 18.2. The summed E-state index contributed by atoms with van der Waals surface area (Å²) in [4.78, 5) is 26.7. The molecule has 3 N–H and O–H groups in total. The highest BCUT2D eigenvalue weighted by molar-refractivity contribution is 5.90. The molecule has 0 aliphatic carbocycles. The van der Waals surface area contributed by atoms with Crippen LogP contribution in [0, 0.1) is 0 Å². The van der Waals surface area contributed by atoms with Crippen LogP contribution in [0.15, 0.2) is 67.0 Å². The van der Waals surface area contributed by atoms with Gasteiger partial charge < -0.3 is 15.7 Å². The highest BCUT2D eigenvalue weighted by atomic mass is 16.4. The van der Waals surface area contributed by atoms with Gasteiger partial charge in [-0.3, -0.25) is 4.79 Å². The van der Waals surface area contributed by atoms with Crippen molar-refractivity contribution in [2.75, 3.05) is 10.6 Å². The zero-order valence-electron chi connectivity index (χ0n) is 15.5. The number of carbonyl (C=O) groups excluding carboxylic acids is 1. The summed E-state index contributed by atoms with van der Waals surface area (Å²) in [5.41, 5.74) is 4.70. The molecular weight excluding hydrogens is 370 g/mol.